The standard InChI is InChI=1S/C13H18N4O3/c1-3-14-12-11(6-10(7-15-12)17(19)20)13(18)16-8(2)9-4-5-9/h6-9H,3-5H2,1-2H3,(H,14,15)(H,16,18). The number of hydrogen-bond acceptors (Lipinski definition) is 5. The van der Waals surface area contributed by atoms with Gasteiger partial charge in [-0.2, -0.15) is 0 Å². The molecule has 1 fully saturated rings. The van der Waals surface area contributed by atoms with E-state index < -0.39 is 4.92 Å². The molecular formula is C13H18N4O3. The van der Waals surface area contributed by atoms with Crippen LogP contribution >= 0.6 is 0 Å². The number of amides is 1. The van der Waals surface area contributed by atoms with Crippen LogP contribution in [0.15, 0.2) is 12.3 Å². The first-order valence-electron chi connectivity index (χ1n) is 6.72. The molecule has 0 radical (unpaired) electrons. The molecule has 0 bridgehead atoms. The predicted octanol–water partition coefficient (Wildman–Crippen LogP) is 1.95. The molecule has 20 heavy (non-hydrogen) atoms. The minimum atomic E-state index is -0.552. The molecule has 1 aromatic heterocycles. The number of nitrogens with one attached hydrogen (secondary N) is 2. The SMILES string of the molecule is CCNc1ncc([N+](=O)[O-])cc1C(=O)NC(C)C1CC1. The lowest BCUT2D eigenvalue weighted by Crippen LogP contribution is -2.34. The average molecular weight is 278 g/mol. The lowest BCUT2D eigenvalue weighted by atomic mass is 10.1. The fraction of sp³-hybridized carbons (Fsp3) is 0.538. The minimum Gasteiger partial charge on any atom is -0.370 e. The molecular weight excluding hydrogens is 260 g/mol. The average Bonchev–Trinajstić information content (AvgIpc) is 3.23. The van der Waals surface area contributed by atoms with Gasteiger partial charge < -0.3 is 10.6 Å². The quantitative estimate of drug-likeness (QED) is 0.612. The first kappa shape index (κ1) is 14.2. The molecule has 2 rings (SSSR count). The Morgan fingerprint density at radius 3 is 2.85 bits per heavy atom. The van der Waals surface area contributed by atoms with Crippen molar-refractivity contribution in [1.29, 1.82) is 0 Å². The second-order valence-corrected chi connectivity index (χ2v) is 4.98. The molecule has 108 valence electrons. The highest BCUT2D eigenvalue weighted by Crippen LogP contribution is 2.32. The Hall–Kier alpha value is -2.18. The number of pyridine rings is 1. The molecule has 0 spiro atoms. The van der Waals surface area contributed by atoms with E-state index in [9.17, 15) is 14.9 Å². The van der Waals surface area contributed by atoms with Crippen LogP contribution in [-0.2, 0) is 0 Å². The van der Waals surface area contributed by atoms with E-state index >= 15 is 0 Å². The van der Waals surface area contributed by atoms with Gasteiger partial charge in [0.15, 0.2) is 0 Å². The van der Waals surface area contributed by atoms with E-state index in [1.54, 1.807) is 0 Å². The summed E-state index contributed by atoms with van der Waals surface area (Å²) in [5.41, 5.74) is 0.0319. The van der Waals surface area contributed by atoms with Crippen LogP contribution in [0.5, 0.6) is 0 Å². The van der Waals surface area contributed by atoms with Crippen molar-refractivity contribution in [3.05, 3.63) is 27.9 Å². The van der Waals surface area contributed by atoms with E-state index in [-0.39, 0.29) is 23.2 Å². The summed E-state index contributed by atoms with van der Waals surface area (Å²) in [5.74, 6) is 0.573. The number of nitro groups is 1. The van der Waals surface area contributed by atoms with E-state index in [2.05, 4.69) is 15.6 Å². The van der Waals surface area contributed by atoms with Gasteiger partial charge in [-0.25, -0.2) is 4.98 Å². The highest BCUT2D eigenvalue weighted by molar-refractivity contribution is 5.99. The van der Waals surface area contributed by atoms with Crippen molar-refractivity contribution < 1.29 is 9.72 Å². The molecule has 0 aliphatic heterocycles. The lowest BCUT2D eigenvalue weighted by Gasteiger charge is -2.14. The zero-order chi connectivity index (χ0) is 14.7. The fourth-order valence-corrected chi connectivity index (χ4v) is 2.03. The number of rotatable bonds is 6. The van der Waals surface area contributed by atoms with E-state index in [1.165, 1.54) is 6.07 Å². The molecule has 7 heteroatoms. The zero-order valence-electron chi connectivity index (χ0n) is 11.5. The van der Waals surface area contributed by atoms with Crippen molar-refractivity contribution in [2.75, 3.05) is 11.9 Å². The van der Waals surface area contributed by atoms with E-state index in [4.69, 9.17) is 0 Å². The summed E-state index contributed by atoms with van der Waals surface area (Å²) >= 11 is 0. The topological polar surface area (TPSA) is 97.2 Å². The molecule has 1 aromatic rings. The molecule has 0 aromatic carbocycles. The highest BCUT2D eigenvalue weighted by Gasteiger charge is 2.30. The van der Waals surface area contributed by atoms with Crippen LogP contribution in [0.3, 0.4) is 0 Å². The van der Waals surface area contributed by atoms with Crippen molar-refractivity contribution in [2.24, 2.45) is 5.92 Å². The molecule has 1 saturated carbocycles. The summed E-state index contributed by atoms with van der Waals surface area (Å²) in [5, 5.41) is 16.6. The van der Waals surface area contributed by atoms with Crippen molar-refractivity contribution >= 4 is 17.4 Å². The van der Waals surface area contributed by atoms with Crippen LogP contribution in [0.4, 0.5) is 11.5 Å². The van der Waals surface area contributed by atoms with Gasteiger partial charge in [0.05, 0.1) is 10.5 Å². The Morgan fingerprint density at radius 1 is 1.60 bits per heavy atom. The lowest BCUT2D eigenvalue weighted by molar-refractivity contribution is -0.385. The summed E-state index contributed by atoms with van der Waals surface area (Å²) in [6.45, 7) is 4.41. The first-order valence-corrected chi connectivity index (χ1v) is 6.72. The first-order chi connectivity index (χ1) is 9.52. The van der Waals surface area contributed by atoms with E-state index in [1.807, 2.05) is 13.8 Å². The Balaban J connectivity index is 2.23. The van der Waals surface area contributed by atoms with Crippen molar-refractivity contribution in [1.82, 2.24) is 10.3 Å². The maximum atomic E-state index is 12.2. The number of nitrogens with zero attached hydrogens (tertiary/aromatic N) is 2. The minimum absolute atomic E-state index is 0.0799. The number of hydrogen-bond donors (Lipinski definition) is 2. The van der Waals surface area contributed by atoms with Gasteiger partial charge in [-0.15, -0.1) is 0 Å². The maximum absolute atomic E-state index is 12.2. The van der Waals surface area contributed by atoms with E-state index in [0.29, 0.717) is 18.3 Å². The number of anilines is 1. The van der Waals surface area contributed by atoms with Crippen molar-refractivity contribution in [3.63, 3.8) is 0 Å². The molecule has 1 amide bonds. The molecule has 1 unspecified atom stereocenters. The second kappa shape index (κ2) is 5.85. The van der Waals surface area contributed by atoms with Gasteiger partial charge in [0.1, 0.15) is 12.0 Å². The highest BCUT2D eigenvalue weighted by atomic mass is 16.6. The van der Waals surface area contributed by atoms with Gasteiger partial charge >= 0.3 is 0 Å². The number of aromatic nitrogens is 1. The smallest absolute Gasteiger partial charge is 0.288 e. The Kier molecular flexibility index (Phi) is 4.16. The van der Waals surface area contributed by atoms with Crippen molar-refractivity contribution in [3.8, 4) is 0 Å². The summed E-state index contributed by atoms with van der Waals surface area (Å²) in [7, 11) is 0. The summed E-state index contributed by atoms with van der Waals surface area (Å²) in [6.07, 6.45) is 3.39. The van der Waals surface area contributed by atoms with Crippen molar-refractivity contribution in [2.45, 2.75) is 32.7 Å². The molecule has 1 aliphatic rings. The van der Waals surface area contributed by atoms with Gasteiger partial charge in [0, 0.05) is 18.7 Å². The van der Waals surface area contributed by atoms with Crippen LogP contribution in [-0.4, -0.2) is 28.4 Å². The van der Waals surface area contributed by atoms with Crippen LogP contribution in [0, 0.1) is 16.0 Å². The zero-order valence-corrected chi connectivity index (χ0v) is 11.5. The van der Waals surface area contributed by atoms with Gasteiger partial charge in [-0.05, 0) is 32.6 Å². The normalized spacial score (nSPS) is 15.5. The Labute approximate surface area is 116 Å². The molecule has 7 nitrogen and oxygen atoms in total. The number of carbonyl (C=O) groups is 1. The molecule has 0 saturated heterocycles. The third-order valence-corrected chi connectivity index (χ3v) is 3.36. The van der Waals surface area contributed by atoms with Crippen LogP contribution in [0.1, 0.15) is 37.0 Å². The largest absolute Gasteiger partial charge is 0.370 e. The van der Waals surface area contributed by atoms with E-state index in [0.717, 1.165) is 19.0 Å². The van der Waals surface area contributed by atoms with Crippen LogP contribution < -0.4 is 10.6 Å². The number of carbonyl (C=O) groups excluding carboxylic acids is 1. The van der Waals surface area contributed by atoms with Crippen LogP contribution in [0.2, 0.25) is 0 Å². The monoisotopic (exact) mass is 278 g/mol. The molecule has 1 heterocycles. The third kappa shape index (κ3) is 3.23. The molecule has 2 N–H and O–H groups in total. The van der Waals surface area contributed by atoms with Gasteiger partial charge in [-0.3, -0.25) is 14.9 Å². The predicted molar refractivity (Wildman–Crippen MR) is 74.7 cm³/mol. The summed E-state index contributed by atoms with van der Waals surface area (Å²) in [6, 6.07) is 1.34. The molecule has 1 aliphatic carbocycles. The third-order valence-electron chi connectivity index (χ3n) is 3.36. The fourth-order valence-electron chi connectivity index (χ4n) is 2.03. The summed E-state index contributed by atoms with van der Waals surface area (Å²) in [4.78, 5) is 26.5. The van der Waals surface area contributed by atoms with Gasteiger partial charge in [0.25, 0.3) is 11.6 Å². The van der Waals surface area contributed by atoms with Gasteiger partial charge in [0.2, 0.25) is 0 Å². The van der Waals surface area contributed by atoms with Crippen LogP contribution in [0.25, 0.3) is 0 Å². The van der Waals surface area contributed by atoms with Gasteiger partial charge in [-0.1, -0.05) is 0 Å². The summed E-state index contributed by atoms with van der Waals surface area (Å²) < 4.78 is 0. The Bertz CT molecular complexity index is 528. The second-order valence-electron chi connectivity index (χ2n) is 4.98. The Morgan fingerprint density at radius 2 is 2.30 bits per heavy atom. The maximum Gasteiger partial charge on any atom is 0.288 e. The molecule has 1 atom stereocenters.